The minimum atomic E-state index is 0.0164. The summed E-state index contributed by atoms with van der Waals surface area (Å²) in [5.74, 6) is 0. The van der Waals surface area contributed by atoms with Crippen LogP contribution >= 0.6 is 0 Å². The molecule has 5 rings (SSSR count). The van der Waals surface area contributed by atoms with Crippen molar-refractivity contribution in [3.05, 3.63) is 113 Å². The highest BCUT2D eigenvalue weighted by atomic mass is 16.1. The van der Waals surface area contributed by atoms with Gasteiger partial charge in [-0.05, 0) is 29.8 Å². The van der Waals surface area contributed by atoms with Crippen LogP contribution in [0.15, 0.2) is 102 Å². The lowest BCUT2D eigenvalue weighted by Gasteiger charge is -2.14. The van der Waals surface area contributed by atoms with Crippen LogP contribution in [0.2, 0.25) is 0 Å². The van der Waals surface area contributed by atoms with Crippen molar-refractivity contribution in [3.8, 4) is 11.3 Å². The van der Waals surface area contributed by atoms with E-state index in [1.165, 1.54) is 5.56 Å². The van der Waals surface area contributed by atoms with E-state index in [0.29, 0.717) is 23.2 Å². The first-order valence-electron chi connectivity index (χ1n) is 9.32. The number of hydrogen-bond donors (Lipinski definition) is 0. The lowest BCUT2D eigenvalue weighted by Crippen LogP contribution is -2.13. The molecule has 0 saturated carbocycles. The zero-order chi connectivity index (χ0) is 18.9. The molecule has 0 unspecified atom stereocenters. The van der Waals surface area contributed by atoms with Gasteiger partial charge in [0, 0.05) is 23.5 Å². The molecule has 28 heavy (non-hydrogen) atoms. The molecule has 0 amide bonds. The van der Waals surface area contributed by atoms with E-state index in [0.717, 1.165) is 16.4 Å². The maximum Gasteiger partial charge on any atom is 0.198 e. The smallest absolute Gasteiger partial charge is 0.198 e. The van der Waals surface area contributed by atoms with Crippen molar-refractivity contribution < 1.29 is 0 Å². The summed E-state index contributed by atoms with van der Waals surface area (Å²) in [6.07, 6.45) is 1.94. The minimum absolute atomic E-state index is 0.0164. The minimum Gasteiger partial charge on any atom is -0.342 e. The number of benzene rings is 3. The summed E-state index contributed by atoms with van der Waals surface area (Å²) in [7, 11) is 0. The monoisotopic (exact) mass is 362 g/mol. The summed E-state index contributed by atoms with van der Waals surface area (Å²) in [5, 5.41) is 1.78. The average Bonchev–Trinajstić information content (AvgIpc) is 2.76. The lowest BCUT2D eigenvalue weighted by atomic mass is 10.1. The topological polar surface area (TPSA) is 34.9 Å². The predicted molar refractivity (Wildman–Crippen MR) is 114 cm³/mol. The Morgan fingerprint density at radius 3 is 2.39 bits per heavy atom. The standard InChI is InChI=1S/C25H18N2O/c28-25-20-11-5-7-13-24(20)27(16-18-8-2-1-3-9-18)17-21(25)23-15-14-19-10-4-6-12-22(19)26-23/h1-15,17H,16H2. The van der Waals surface area contributed by atoms with Crippen LogP contribution < -0.4 is 5.43 Å². The van der Waals surface area contributed by atoms with Gasteiger partial charge < -0.3 is 4.57 Å². The molecule has 134 valence electrons. The Morgan fingerprint density at radius 1 is 0.750 bits per heavy atom. The molecule has 0 fully saturated rings. The molecule has 3 heteroatoms. The summed E-state index contributed by atoms with van der Waals surface area (Å²) in [5.41, 5.74) is 4.36. The number of pyridine rings is 2. The summed E-state index contributed by atoms with van der Waals surface area (Å²) in [4.78, 5) is 18.0. The normalized spacial score (nSPS) is 11.1. The van der Waals surface area contributed by atoms with E-state index in [1.807, 2.05) is 85.1 Å². The molecule has 2 heterocycles. The van der Waals surface area contributed by atoms with Crippen molar-refractivity contribution in [1.82, 2.24) is 9.55 Å². The van der Waals surface area contributed by atoms with Gasteiger partial charge in [0.15, 0.2) is 5.43 Å². The Bertz CT molecular complexity index is 1350. The molecule has 0 atom stereocenters. The fourth-order valence-electron chi connectivity index (χ4n) is 3.65. The second-order valence-electron chi connectivity index (χ2n) is 6.89. The van der Waals surface area contributed by atoms with E-state index in [4.69, 9.17) is 4.98 Å². The van der Waals surface area contributed by atoms with Crippen LogP contribution in [0.25, 0.3) is 33.1 Å². The molecule has 0 aliphatic rings. The Balaban J connectivity index is 1.74. The predicted octanol–water partition coefficient (Wildman–Crippen LogP) is 5.27. The largest absolute Gasteiger partial charge is 0.342 e. The summed E-state index contributed by atoms with van der Waals surface area (Å²) in [6, 6.07) is 30.0. The van der Waals surface area contributed by atoms with Crippen LogP contribution in [-0.2, 0) is 6.54 Å². The molecule has 2 aromatic heterocycles. The van der Waals surface area contributed by atoms with Crippen LogP contribution in [-0.4, -0.2) is 9.55 Å². The van der Waals surface area contributed by atoms with E-state index in [2.05, 4.69) is 16.7 Å². The maximum absolute atomic E-state index is 13.2. The number of rotatable bonds is 3. The number of fused-ring (bicyclic) bond motifs is 2. The molecule has 0 saturated heterocycles. The van der Waals surface area contributed by atoms with Crippen molar-refractivity contribution in [2.24, 2.45) is 0 Å². The quantitative estimate of drug-likeness (QED) is 0.438. The molecule has 0 spiro atoms. The zero-order valence-electron chi connectivity index (χ0n) is 15.2. The van der Waals surface area contributed by atoms with Gasteiger partial charge in [0.2, 0.25) is 0 Å². The van der Waals surface area contributed by atoms with Crippen molar-refractivity contribution >= 4 is 21.8 Å². The number of para-hydroxylation sites is 2. The van der Waals surface area contributed by atoms with Crippen LogP contribution in [0.3, 0.4) is 0 Å². The van der Waals surface area contributed by atoms with Gasteiger partial charge in [-0.15, -0.1) is 0 Å². The van der Waals surface area contributed by atoms with Crippen molar-refractivity contribution in [1.29, 1.82) is 0 Å². The Kier molecular flexibility index (Phi) is 3.99. The van der Waals surface area contributed by atoms with Gasteiger partial charge in [0.05, 0.1) is 22.3 Å². The summed E-state index contributed by atoms with van der Waals surface area (Å²) in [6.45, 7) is 0.697. The SMILES string of the molecule is O=c1c(-c2ccc3ccccc3n2)cn(Cc2ccccc2)c2ccccc12. The van der Waals surface area contributed by atoms with Gasteiger partial charge in [0.1, 0.15) is 0 Å². The van der Waals surface area contributed by atoms with E-state index < -0.39 is 0 Å². The van der Waals surface area contributed by atoms with E-state index in [-0.39, 0.29) is 5.43 Å². The number of nitrogens with zero attached hydrogens (tertiary/aromatic N) is 2. The molecular formula is C25H18N2O. The molecule has 0 radical (unpaired) electrons. The van der Waals surface area contributed by atoms with E-state index in [9.17, 15) is 4.79 Å². The first kappa shape index (κ1) is 16.5. The summed E-state index contributed by atoms with van der Waals surface area (Å²) < 4.78 is 2.14. The molecule has 0 bridgehead atoms. The molecule has 0 N–H and O–H groups in total. The lowest BCUT2D eigenvalue weighted by molar-refractivity contribution is 0.827. The Morgan fingerprint density at radius 2 is 1.50 bits per heavy atom. The maximum atomic E-state index is 13.2. The average molecular weight is 362 g/mol. The van der Waals surface area contributed by atoms with Gasteiger partial charge >= 0.3 is 0 Å². The second-order valence-corrected chi connectivity index (χ2v) is 6.89. The van der Waals surface area contributed by atoms with Crippen LogP contribution in [0, 0.1) is 0 Å². The molecule has 3 nitrogen and oxygen atoms in total. The summed E-state index contributed by atoms with van der Waals surface area (Å²) >= 11 is 0. The highest BCUT2D eigenvalue weighted by molar-refractivity contribution is 5.86. The molecule has 0 aliphatic heterocycles. The zero-order valence-corrected chi connectivity index (χ0v) is 15.2. The molecular weight excluding hydrogens is 344 g/mol. The van der Waals surface area contributed by atoms with E-state index >= 15 is 0 Å². The van der Waals surface area contributed by atoms with Gasteiger partial charge in [-0.3, -0.25) is 4.79 Å². The van der Waals surface area contributed by atoms with Gasteiger partial charge in [-0.1, -0.05) is 66.7 Å². The van der Waals surface area contributed by atoms with Crippen LogP contribution in [0.1, 0.15) is 5.56 Å². The van der Waals surface area contributed by atoms with Gasteiger partial charge in [-0.25, -0.2) is 4.98 Å². The third kappa shape index (κ3) is 2.87. The van der Waals surface area contributed by atoms with E-state index in [1.54, 1.807) is 0 Å². The Labute approximate surface area is 162 Å². The van der Waals surface area contributed by atoms with Crippen molar-refractivity contribution in [3.63, 3.8) is 0 Å². The van der Waals surface area contributed by atoms with Crippen molar-refractivity contribution in [2.45, 2.75) is 6.54 Å². The fraction of sp³-hybridized carbons (Fsp3) is 0.0400. The third-order valence-corrected chi connectivity index (χ3v) is 5.06. The first-order valence-corrected chi connectivity index (χ1v) is 9.32. The molecule has 5 aromatic rings. The van der Waals surface area contributed by atoms with Gasteiger partial charge in [0.25, 0.3) is 0 Å². The molecule has 0 aliphatic carbocycles. The second kappa shape index (κ2) is 6.78. The highest BCUT2D eigenvalue weighted by Crippen LogP contribution is 2.22. The molecule has 3 aromatic carbocycles. The number of aromatic nitrogens is 2. The fourth-order valence-corrected chi connectivity index (χ4v) is 3.65. The van der Waals surface area contributed by atoms with Crippen molar-refractivity contribution in [2.75, 3.05) is 0 Å². The van der Waals surface area contributed by atoms with Crippen LogP contribution in [0.4, 0.5) is 0 Å². The highest BCUT2D eigenvalue weighted by Gasteiger charge is 2.12. The van der Waals surface area contributed by atoms with Gasteiger partial charge in [-0.2, -0.15) is 0 Å². The first-order chi connectivity index (χ1) is 13.8. The third-order valence-electron chi connectivity index (χ3n) is 5.06. The van der Waals surface area contributed by atoms with Crippen LogP contribution in [0.5, 0.6) is 0 Å². The Hall–Kier alpha value is -3.72. The number of hydrogen-bond acceptors (Lipinski definition) is 2.